The number of benzene rings is 1. The maximum Gasteiger partial charge on any atom is 0.283 e. The second-order valence-corrected chi connectivity index (χ2v) is 9.27. The molecule has 1 N–H and O–H groups in total. The van der Waals surface area contributed by atoms with Gasteiger partial charge in [0.25, 0.3) is 5.91 Å². The second kappa shape index (κ2) is 8.77. The summed E-state index contributed by atoms with van der Waals surface area (Å²) in [6.07, 6.45) is 1.74. The molecule has 176 valence electrons. The van der Waals surface area contributed by atoms with Crippen molar-refractivity contribution in [3.63, 3.8) is 0 Å². The normalized spacial score (nSPS) is 19.5. The zero-order chi connectivity index (χ0) is 24.0. The Labute approximate surface area is 202 Å². The topological polar surface area (TPSA) is 95.5 Å². The summed E-state index contributed by atoms with van der Waals surface area (Å²) in [5.41, 5.74) is 5.05. The van der Waals surface area contributed by atoms with Gasteiger partial charge in [0.05, 0.1) is 31.6 Å². The number of morpholine rings is 1. The number of carbonyl (C=O) groups excluding carboxylic acids is 1. The van der Waals surface area contributed by atoms with Crippen LogP contribution >= 0.6 is 11.8 Å². The van der Waals surface area contributed by atoms with E-state index in [1.54, 1.807) is 13.2 Å². The van der Waals surface area contributed by atoms with Crippen molar-refractivity contribution in [2.75, 3.05) is 33.4 Å². The van der Waals surface area contributed by atoms with Gasteiger partial charge in [-0.05, 0) is 67.9 Å². The Hall–Kier alpha value is -3.37. The lowest BCUT2D eigenvalue weighted by Crippen LogP contribution is -2.39. The molecule has 1 aromatic carbocycles. The summed E-state index contributed by atoms with van der Waals surface area (Å²) in [6, 6.07) is 8.04. The third kappa shape index (κ3) is 3.82. The predicted octanol–water partition coefficient (Wildman–Crippen LogP) is 3.32. The molecule has 1 amide bonds. The highest BCUT2D eigenvalue weighted by atomic mass is 32.2. The van der Waals surface area contributed by atoms with Gasteiger partial charge in [0.15, 0.2) is 11.0 Å². The van der Waals surface area contributed by atoms with Crippen molar-refractivity contribution in [1.29, 1.82) is 5.41 Å². The molecule has 0 spiro atoms. The average Bonchev–Trinajstić information content (AvgIpc) is 3.37. The van der Waals surface area contributed by atoms with Gasteiger partial charge in [0.1, 0.15) is 5.75 Å². The van der Waals surface area contributed by atoms with Crippen molar-refractivity contribution in [1.82, 2.24) is 14.5 Å². The van der Waals surface area contributed by atoms with E-state index in [2.05, 4.69) is 25.6 Å². The molecule has 3 aliphatic rings. The van der Waals surface area contributed by atoms with E-state index in [0.717, 1.165) is 52.2 Å². The molecule has 0 bridgehead atoms. The molecular weight excluding hydrogens is 452 g/mol. The zero-order valence-corrected chi connectivity index (χ0v) is 20.4. The van der Waals surface area contributed by atoms with Crippen molar-refractivity contribution >= 4 is 39.9 Å². The summed E-state index contributed by atoms with van der Waals surface area (Å²) >= 11 is 1.32. The lowest BCUT2D eigenvalue weighted by Gasteiger charge is -2.26. The lowest BCUT2D eigenvalue weighted by atomic mass is 10.1. The quantitative estimate of drug-likeness (QED) is 0.680. The average molecular weight is 479 g/mol. The lowest BCUT2D eigenvalue weighted by molar-refractivity contribution is -0.114. The molecule has 9 nitrogen and oxygen atoms in total. The Morgan fingerprint density at radius 3 is 2.65 bits per heavy atom. The monoisotopic (exact) mass is 478 g/mol. The molecule has 1 aromatic heterocycles. The van der Waals surface area contributed by atoms with Crippen LogP contribution in [0.25, 0.3) is 11.8 Å². The molecule has 0 unspecified atom stereocenters. The highest BCUT2D eigenvalue weighted by Gasteiger charge is 2.37. The van der Waals surface area contributed by atoms with Crippen molar-refractivity contribution in [3.8, 4) is 11.4 Å². The number of carbonyl (C=O) groups is 1. The van der Waals surface area contributed by atoms with E-state index in [1.165, 1.54) is 16.8 Å². The third-order valence-electron chi connectivity index (χ3n) is 6.07. The molecule has 10 heteroatoms. The smallest absolute Gasteiger partial charge is 0.283 e. The van der Waals surface area contributed by atoms with Crippen molar-refractivity contribution < 1.29 is 14.3 Å². The van der Waals surface area contributed by atoms with Gasteiger partial charge in [-0.15, -0.1) is 5.10 Å². The maximum absolute atomic E-state index is 12.9. The van der Waals surface area contributed by atoms with Gasteiger partial charge in [-0.25, -0.2) is 0 Å². The Kier molecular flexibility index (Phi) is 5.78. The predicted molar refractivity (Wildman–Crippen MR) is 134 cm³/mol. The van der Waals surface area contributed by atoms with E-state index in [-0.39, 0.29) is 11.4 Å². The molecule has 1 saturated heterocycles. The molecule has 34 heavy (non-hydrogen) atoms. The highest BCUT2D eigenvalue weighted by molar-refractivity contribution is 8.26. The van der Waals surface area contributed by atoms with Crippen LogP contribution in [0.5, 0.6) is 5.75 Å². The summed E-state index contributed by atoms with van der Waals surface area (Å²) in [5.74, 6) is 0.366. The van der Waals surface area contributed by atoms with Crippen LogP contribution in [0.15, 0.2) is 39.9 Å². The number of hydrogen-bond donors (Lipinski definition) is 1. The third-order valence-corrected chi connectivity index (χ3v) is 7.04. The molecule has 5 rings (SSSR count). The highest BCUT2D eigenvalue weighted by Crippen LogP contribution is 2.32. The minimum absolute atomic E-state index is 0.0312. The molecule has 0 aliphatic carbocycles. The van der Waals surface area contributed by atoms with Gasteiger partial charge in [-0.1, -0.05) is 6.07 Å². The van der Waals surface area contributed by atoms with Crippen LogP contribution in [-0.2, 0) is 9.53 Å². The van der Waals surface area contributed by atoms with E-state index >= 15 is 0 Å². The largest absolute Gasteiger partial charge is 0.495 e. The Bertz CT molecular complexity index is 1290. The van der Waals surface area contributed by atoms with E-state index in [0.29, 0.717) is 18.4 Å². The number of nitrogens with zero attached hydrogens (tertiary/aromatic N) is 5. The van der Waals surface area contributed by atoms with Gasteiger partial charge in [0, 0.05) is 24.5 Å². The van der Waals surface area contributed by atoms with Crippen LogP contribution in [0.3, 0.4) is 0 Å². The van der Waals surface area contributed by atoms with Gasteiger partial charge < -0.3 is 18.9 Å². The van der Waals surface area contributed by atoms with Gasteiger partial charge >= 0.3 is 0 Å². The number of ether oxygens (including phenoxy) is 2. The first kappa shape index (κ1) is 22.4. The zero-order valence-electron chi connectivity index (χ0n) is 19.6. The molecule has 4 heterocycles. The summed E-state index contributed by atoms with van der Waals surface area (Å²) in [7, 11) is 1.66. The van der Waals surface area contributed by atoms with E-state index in [1.807, 2.05) is 39.0 Å². The van der Waals surface area contributed by atoms with Crippen LogP contribution in [0.4, 0.5) is 0 Å². The first-order chi connectivity index (χ1) is 16.4. The first-order valence-corrected chi connectivity index (χ1v) is 11.9. The fraction of sp³-hybridized carbons (Fsp3) is 0.333. The molecule has 0 atom stereocenters. The van der Waals surface area contributed by atoms with Crippen LogP contribution in [0.2, 0.25) is 0 Å². The van der Waals surface area contributed by atoms with E-state index in [4.69, 9.17) is 14.9 Å². The number of aryl methyl sites for hydroxylation is 2. The standard InChI is InChI=1S/C24H26N6O3S/c1-14-5-6-20(32-4)19(11-14)29-15(2)12-17(16(29)3)13-18-21(25)30-23(26-22(18)31)34-24(27-30)28-7-9-33-10-8-28/h5-6,11-13,25H,7-10H2,1-4H3/b18-13-,25-21?. The molecule has 2 aromatic rings. The fourth-order valence-corrected chi connectivity index (χ4v) is 5.24. The number of fused-ring (bicyclic) bond motifs is 1. The molecule has 1 fully saturated rings. The number of amidine groups is 3. The second-order valence-electron chi connectivity index (χ2n) is 8.34. The summed E-state index contributed by atoms with van der Waals surface area (Å²) in [6.45, 7) is 8.77. The first-order valence-electron chi connectivity index (χ1n) is 11.0. The summed E-state index contributed by atoms with van der Waals surface area (Å²) in [4.78, 5) is 19.2. The molecular formula is C24H26N6O3S. The van der Waals surface area contributed by atoms with Crippen LogP contribution < -0.4 is 4.74 Å². The Morgan fingerprint density at radius 2 is 1.91 bits per heavy atom. The minimum Gasteiger partial charge on any atom is -0.495 e. The number of hydrogen-bond acceptors (Lipinski definition) is 7. The number of aromatic nitrogens is 1. The molecule has 0 radical (unpaired) electrons. The number of methoxy groups -OCH3 is 1. The van der Waals surface area contributed by atoms with Gasteiger partial charge in [-0.3, -0.25) is 10.2 Å². The number of rotatable bonds is 3. The van der Waals surface area contributed by atoms with Crippen molar-refractivity contribution in [3.05, 3.63) is 52.4 Å². The summed E-state index contributed by atoms with van der Waals surface area (Å²) < 4.78 is 13.1. The SMILES string of the molecule is COc1ccc(C)cc1-n1c(C)cc(/C=C2/C(=N)N3N=C(N4CCOCC4)SC3=NC2=O)c1C. The summed E-state index contributed by atoms with van der Waals surface area (Å²) in [5, 5.41) is 15.9. The number of hydrazone groups is 1. The van der Waals surface area contributed by atoms with Crippen LogP contribution in [-0.4, -0.2) is 70.0 Å². The van der Waals surface area contributed by atoms with E-state index in [9.17, 15) is 4.79 Å². The Balaban J connectivity index is 1.50. The maximum atomic E-state index is 12.9. The van der Waals surface area contributed by atoms with Crippen molar-refractivity contribution in [2.45, 2.75) is 20.8 Å². The molecule has 0 saturated carbocycles. The Morgan fingerprint density at radius 1 is 1.15 bits per heavy atom. The van der Waals surface area contributed by atoms with E-state index < -0.39 is 5.91 Å². The number of aliphatic imine (C=N–C) groups is 1. The number of amides is 1. The number of thioether (sulfide) groups is 1. The minimum atomic E-state index is -0.430. The fourth-order valence-electron chi connectivity index (χ4n) is 4.30. The van der Waals surface area contributed by atoms with Crippen molar-refractivity contribution in [2.24, 2.45) is 10.1 Å². The van der Waals surface area contributed by atoms with Gasteiger partial charge in [0.2, 0.25) is 5.17 Å². The number of nitrogens with one attached hydrogen (secondary N) is 1. The van der Waals surface area contributed by atoms with Crippen LogP contribution in [0.1, 0.15) is 22.5 Å². The molecule has 3 aliphatic heterocycles. The van der Waals surface area contributed by atoms with Gasteiger partial charge in [-0.2, -0.15) is 10.0 Å². The van der Waals surface area contributed by atoms with Crippen LogP contribution in [0, 0.1) is 26.2 Å².